The van der Waals surface area contributed by atoms with Crippen molar-refractivity contribution in [3.63, 3.8) is 0 Å². The largest absolute Gasteiger partial charge is 0.444 e. The highest BCUT2D eigenvalue weighted by molar-refractivity contribution is 5.69. The number of hydrogen-bond donors (Lipinski definition) is 0. The van der Waals surface area contributed by atoms with Crippen molar-refractivity contribution in [2.45, 2.75) is 39.2 Å². The number of carbonyl (C=O) groups is 1. The van der Waals surface area contributed by atoms with Gasteiger partial charge in [-0.1, -0.05) is 5.16 Å². The summed E-state index contributed by atoms with van der Waals surface area (Å²) in [6.07, 6.45) is -0.199. The average Bonchev–Trinajstić information content (AvgIpc) is 2.67. The van der Waals surface area contributed by atoms with E-state index in [1.807, 2.05) is 38.7 Å². The molecule has 0 N–H and O–H groups in total. The van der Waals surface area contributed by atoms with Crippen LogP contribution in [0.5, 0.6) is 0 Å². The van der Waals surface area contributed by atoms with Crippen molar-refractivity contribution in [3.8, 4) is 0 Å². The van der Waals surface area contributed by atoms with E-state index in [1.54, 1.807) is 0 Å². The van der Waals surface area contributed by atoms with Gasteiger partial charge >= 0.3 is 6.09 Å². The second-order valence-corrected chi connectivity index (χ2v) is 6.60. The summed E-state index contributed by atoms with van der Waals surface area (Å²) in [5.41, 5.74) is 0.614. The molecule has 2 fully saturated rings. The van der Waals surface area contributed by atoms with E-state index >= 15 is 0 Å². The molecule has 0 radical (unpaired) electrons. The molecule has 5 nitrogen and oxygen atoms in total. The topological polar surface area (TPSA) is 55.6 Å². The second-order valence-electron chi connectivity index (χ2n) is 6.60. The zero-order valence-electron chi connectivity index (χ0n) is 11.8. The van der Waals surface area contributed by atoms with Gasteiger partial charge in [-0.3, -0.25) is 0 Å². The number of hydrogen-bond acceptors (Lipinski definition) is 4. The molecule has 3 atom stereocenters. The molecule has 2 unspecified atom stereocenters. The molecule has 3 rings (SSSR count). The predicted octanol–water partition coefficient (Wildman–Crippen LogP) is 2.56. The second kappa shape index (κ2) is 3.99. The van der Waals surface area contributed by atoms with Crippen LogP contribution in [0.25, 0.3) is 0 Å². The van der Waals surface area contributed by atoms with Crippen LogP contribution in [0, 0.1) is 18.8 Å². The Kier molecular flexibility index (Phi) is 2.62. The fraction of sp³-hybridized carbons (Fsp3) is 0.714. The van der Waals surface area contributed by atoms with Gasteiger partial charge in [0, 0.05) is 25.1 Å². The summed E-state index contributed by atoms with van der Waals surface area (Å²) in [5.74, 6) is 2.37. The van der Waals surface area contributed by atoms with Crippen LogP contribution in [0.1, 0.15) is 38.1 Å². The van der Waals surface area contributed by atoms with Gasteiger partial charge in [0.2, 0.25) is 0 Å². The minimum Gasteiger partial charge on any atom is -0.444 e. The van der Waals surface area contributed by atoms with Crippen molar-refractivity contribution in [1.82, 2.24) is 10.1 Å². The first-order valence-electron chi connectivity index (χ1n) is 6.76. The molecule has 1 aliphatic heterocycles. The van der Waals surface area contributed by atoms with Gasteiger partial charge < -0.3 is 14.2 Å². The Balaban J connectivity index is 1.57. The predicted molar refractivity (Wildman–Crippen MR) is 68.8 cm³/mol. The quantitative estimate of drug-likeness (QED) is 0.782. The lowest BCUT2D eigenvalue weighted by Gasteiger charge is -2.25. The third-order valence-electron chi connectivity index (χ3n) is 3.83. The average molecular weight is 264 g/mol. The van der Waals surface area contributed by atoms with Crippen LogP contribution in [0.2, 0.25) is 0 Å². The Hall–Kier alpha value is -1.52. The maximum absolute atomic E-state index is 11.9. The molecule has 2 aliphatic rings. The van der Waals surface area contributed by atoms with E-state index in [0.717, 1.165) is 24.5 Å². The van der Waals surface area contributed by atoms with Gasteiger partial charge in [-0.25, -0.2) is 4.79 Å². The van der Waals surface area contributed by atoms with Crippen LogP contribution in [0.15, 0.2) is 10.6 Å². The van der Waals surface area contributed by atoms with Gasteiger partial charge in [0.15, 0.2) is 0 Å². The SMILES string of the molecule is Cc1cc(C2C3CN(C(=O)OC(C)(C)C)C[C@H]32)no1. The van der Waals surface area contributed by atoms with Crippen molar-refractivity contribution < 1.29 is 14.1 Å². The molecule has 0 spiro atoms. The summed E-state index contributed by atoms with van der Waals surface area (Å²) in [7, 11) is 0. The molecule has 2 heterocycles. The van der Waals surface area contributed by atoms with Crippen molar-refractivity contribution in [2.75, 3.05) is 13.1 Å². The number of nitrogens with zero attached hydrogens (tertiary/aromatic N) is 2. The van der Waals surface area contributed by atoms with E-state index in [9.17, 15) is 4.79 Å². The number of likely N-dealkylation sites (tertiary alicyclic amines) is 1. The molecular formula is C14H20N2O3. The van der Waals surface area contributed by atoms with Gasteiger partial charge in [-0.15, -0.1) is 0 Å². The maximum Gasteiger partial charge on any atom is 0.410 e. The van der Waals surface area contributed by atoms with Gasteiger partial charge in [0.1, 0.15) is 11.4 Å². The van der Waals surface area contributed by atoms with Crippen LogP contribution < -0.4 is 0 Å². The lowest BCUT2D eigenvalue weighted by Crippen LogP contribution is -2.36. The molecule has 1 aromatic heterocycles. The fourth-order valence-corrected chi connectivity index (χ4v) is 2.98. The molecule has 19 heavy (non-hydrogen) atoms. The van der Waals surface area contributed by atoms with E-state index in [1.165, 1.54) is 0 Å². The Morgan fingerprint density at radius 3 is 2.53 bits per heavy atom. The van der Waals surface area contributed by atoms with E-state index in [-0.39, 0.29) is 6.09 Å². The zero-order valence-corrected chi connectivity index (χ0v) is 11.8. The van der Waals surface area contributed by atoms with Crippen molar-refractivity contribution in [3.05, 3.63) is 17.5 Å². The molecule has 1 aliphatic carbocycles. The molecule has 0 bridgehead atoms. The third-order valence-corrected chi connectivity index (χ3v) is 3.83. The van der Waals surface area contributed by atoms with Crippen molar-refractivity contribution in [1.29, 1.82) is 0 Å². The molecule has 0 aromatic carbocycles. The maximum atomic E-state index is 11.9. The van der Waals surface area contributed by atoms with E-state index < -0.39 is 5.60 Å². The van der Waals surface area contributed by atoms with Crippen molar-refractivity contribution >= 4 is 6.09 Å². The minimum absolute atomic E-state index is 0.199. The van der Waals surface area contributed by atoms with Gasteiger partial charge in [0.05, 0.1) is 5.69 Å². The number of aryl methyl sites for hydroxylation is 1. The molecule has 5 heteroatoms. The Morgan fingerprint density at radius 1 is 1.42 bits per heavy atom. The summed E-state index contributed by atoms with van der Waals surface area (Å²) < 4.78 is 10.5. The highest BCUT2D eigenvalue weighted by Crippen LogP contribution is 2.57. The molecule has 1 aromatic rings. The lowest BCUT2D eigenvalue weighted by molar-refractivity contribution is 0.0270. The smallest absolute Gasteiger partial charge is 0.410 e. The number of piperidine rings is 1. The highest BCUT2D eigenvalue weighted by Gasteiger charge is 2.58. The van der Waals surface area contributed by atoms with Gasteiger partial charge in [0.25, 0.3) is 0 Å². The van der Waals surface area contributed by atoms with Crippen LogP contribution in [0.3, 0.4) is 0 Å². The van der Waals surface area contributed by atoms with Crippen LogP contribution in [-0.4, -0.2) is 34.8 Å². The Morgan fingerprint density at radius 2 is 2.05 bits per heavy atom. The summed E-state index contributed by atoms with van der Waals surface area (Å²) >= 11 is 0. The third kappa shape index (κ3) is 2.33. The normalized spacial score (nSPS) is 29.3. The molecule has 104 valence electrons. The summed E-state index contributed by atoms with van der Waals surface area (Å²) in [4.78, 5) is 13.8. The van der Waals surface area contributed by atoms with E-state index in [2.05, 4.69) is 5.16 Å². The summed E-state index contributed by atoms with van der Waals surface area (Å²) in [5, 5.41) is 4.08. The van der Waals surface area contributed by atoms with E-state index in [4.69, 9.17) is 9.26 Å². The van der Waals surface area contributed by atoms with Crippen LogP contribution in [0.4, 0.5) is 4.79 Å². The number of fused-ring (bicyclic) bond motifs is 1. The van der Waals surface area contributed by atoms with E-state index in [0.29, 0.717) is 17.8 Å². The number of ether oxygens (including phenoxy) is 1. The molecular weight excluding hydrogens is 244 g/mol. The molecule has 1 saturated carbocycles. The Bertz CT molecular complexity index is 491. The monoisotopic (exact) mass is 264 g/mol. The summed E-state index contributed by atoms with van der Waals surface area (Å²) in [6, 6.07) is 2.00. The molecule has 1 saturated heterocycles. The van der Waals surface area contributed by atoms with Crippen molar-refractivity contribution in [2.24, 2.45) is 11.8 Å². The van der Waals surface area contributed by atoms with Crippen LogP contribution >= 0.6 is 0 Å². The van der Waals surface area contributed by atoms with Gasteiger partial charge in [-0.2, -0.15) is 0 Å². The number of rotatable bonds is 1. The summed E-state index contributed by atoms with van der Waals surface area (Å²) in [6.45, 7) is 9.13. The Labute approximate surface area is 112 Å². The highest BCUT2D eigenvalue weighted by atomic mass is 16.6. The minimum atomic E-state index is -0.424. The number of aromatic nitrogens is 1. The molecule has 1 amide bonds. The first-order valence-corrected chi connectivity index (χ1v) is 6.76. The fourth-order valence-electron chi connectivity index (χ4n) is 2.98. The number of amides is 1. The van der Waals surface area contributed by atoms with Crippen LogP contribution in [-0.2, 0) is 4.74 Å². The first-order chi connectivity index (χ1) is 8.85. The first kappa shape index (κ1) is 12.5. The van der Waals surface area contributed by atoms with Gasteiger partial charge in [-0.05, 0) is 39.5 Å². The number of carbonyl (C=O) groups excluding carboxylic acids is 1. The lowest BCUT2D eigenvalue weighted by atomic mass is 10.2. The standard InChI is InChI=1S/C14H20N2O3/c1-8-5-11(15-19-8)12-9-6-16(7-10(9)12)13(17)18-14(2,3)4/h5,9-10,12H,6-7H2,1-4H3/t9-,10?,12?/m1/s1. The zero-order chi connectivity index (χ0) is 13.8.